The molecule has 1 rings (SSSR count). The summed E-state index contributed by atoms with van der Waals surface area (Å²) >= 11 is 0. The normalized spacial score (nSPS) is 13.6. The predicted octanol–water partition coefficient (Wildman–Crippen LogP) is 1.28. The van der Waals surface area contributed by atoms with Crippen molar-refractivity contribution in [1.82, 2.24) is 15.2 Å². The van der Waals surface area contributed by atoms with Crippen molar-refractivity contribution in [2.24, 2.45) is 18.8 Å². The van der Waals surface area contributed by atoms with Crippen LogP contribution < -0.4 is 11.3 Å². The van der Waals surface area contributed by atoms with Crippen LogP contribution in [0.15, 0.2) is 6.07 Å². The number of hydrazine groups is 1. The Balaban J connectivity index is 2.83. The molecular formula is C10H20N4. The van der Waals surface area contributed by atoms with Crippen LogP contribution in [0.1, 0.15) is 37.7 Å². The van der Waals surface area contributed by atoms with Crippen LogP contribution in [-0.4, -0.2) is 9.78 Å². The molecule has 0 bridgehead atoms. The zero-order chi connectivity index (χ0) is 10.7. The Labute approximate surface area is 85.5 Å². The number of aromatic nitrogens is 2. The second-order valence-electron chi connectivity index (χ2n) is 4.18. The minimum Gasteiger partial charge on any atom is -0.271 e. The molecule has 14 heavy (non-hydrogen) atoms. The first kappa shape index (κ1) is 11.2. The van der Waals surface area contributed by atoms with Crippen molar-refractivity contribution in [2.45, 2.75) is 33.2 Å². The summed E-state index contributed by atoms with van der Waals surface area (Å²) in [6.07, 6.45) is 1.02. The van der Waals surface area contributed by atoms with Gasteiger partial charge in [-0.25, -0.2) is 0 Å². The van der Waals surface area contributed by atoms with E-state index in [-0.39, 0.29) is 6.04 Å². The van der Waals surface area contributed by atoms with E-state index < -0.39 is 0 Å². The first-order valence-electron chi connectivity index (χ1n) is 5.01. The molecule has 1 atom stereocenters. The summed E-state index contributed by atoms with van der Waals surface area (Å²) in [4.78, 5) is 0. The van der Waals surface area contributed by atoms with E-state index in [9.17, 15) is 0 Å². The summed E-state index contributed by atoms with van der Waals surface area (Å²) in [7, 11) is 1.95. The van der Waals surface area contributed by atoms with Gasteiger partial charge in [-0.2, -0.15) is 5.10 Å². The van der Waals surface area contributed by atoms with Gasteiger partial charge in [0.15, 0.2) is 0 Å². The highest BCUT2D eigenvalue weighted by Crippen LogP contribution is 2.20. The summed E-state index contributed by atoms with van der Waals surface area (Å²) in [5.41, 5.74) is 5.03. The minimum absolute atomic E-state index is 0.196. The van der Waals surface area contributed by atoms with Gasteiger partial charge in [0.2, 0.25) is 0 Å². The number of hydrogen-bond donors (Lipinski definition) is 2. The summed E-state index contributed by atoms with van der Waals surface area (Å²) in [6.45, 7) is 6.37. The van der Waals surface area contributed by atoms with Gasteiger partial charge < -0.3 is 0 Å². The van der Waals surface area contributed by atoms with Crippen molar-refractivity contribution in [1.29, 1.82) is 0 Å². The Morgan fingerprint density at radius 3 is 2.57 bits per heavy atom. The smallest absolute Gasteiger partial charge is 0.0631 e. The second kappa shape index (κ2) is 4.57. The Hall–Kier alpha value is -0.870. The van der Waals surface area contributed by atoms with Crippen LogP contribution in [0.2, 0.25) is 0 Å². The van der Waals surface area contributed by atoms with Gasteiger partial charge in [0, 0.05) is 7.05 Å². The largest absolute Gasteiger partial charge is 0.271 e. The molecule has 4 nitrogen and oxygen atoms in total. The Morgan fingerprint density at radius 1 is 1.57 bits per heavy atom. The van der Waals surface area contributed by atoms with Gasteiger partial charge in [-0.15, -0.1) is 0 Å². The van der Waals surface area contributed by atoms with Crippen molar-refractivity contribution in [3.05, 3.63) is 17.5 Å². The van der Waals surface area contributed by atoms with Crippen molar-refractivity contribution in [2.75, 3.05) is 0 Å². The molecule has 1 heterocycles. The van der Waals surface area contributed by atoms with Gasteiger partial charge in [-0.3, -0.25) is 16.0 Å². The molecule has 0 aliphatic carbocycles. The zero-order valence-corrected chi connectivity index (χ0v) is 9.41. The summed E-state index contributed by atoms with van der Waals surface area (Å²) in [5, 5.41) is 4.31. The molecule has 0 spiro atoms. The van der Waals surface area contributed by atoms with Crippen LogP contribution in [0.4, 0.5) is 0 Å². The molecule has 0 fully saturated rings. The third-order valence-corrected chi connectivity index (χ3v) is 2.30. The van der Waals surface area contributed by atoms with Crippen LogP contribution in [-0.2, 0) is 7.05 Å². The van der Waals surface area contributed by atoms with Gasteiger partial charge >= 0.3 is 0 Å². The molecule has 1 aromatic heterocycles. The van der Waals surface area contributed by atoms with E-state index in [0.29, 0.717) is 5.92 Å². The highest BCUT2D eigenvalue weighted by molar-refractivity contribution is 5.12. The number of rotatable bonds is 4. The standard InChI is InChI=1S/C10H20N4/c1-7(2)5-9(12-11)10-6-8(3)13-14(10)4/h6-7,9,12H,5,11H2,1-4H3. The highest BCUT2D eigenvalue weighted by atomic mass is 15.3. The molecule has 0 amide bonds. The van der Waals surface area contributed by atoms with Gasteiger partial charge in [-0.1, -0.05) is 13.8 Å². The van der Waals surface area contributed by atoms with Gasteiger partial charge in [0.25, 0.3) is 0 Å². The molecular weight excluding hydrogens is 176 g/mol. The van der Waals surface area contributed by atoms with E-state index >= 15 is 0 Å². The molecule has 0 aliphatic heterocycles. The molecule has 4 heteroatoms. The predicted molar refractivity (Wildman–Crippen MR) is 57.5 cm³/mol. The number of nitrogens with zero attached hydrogens (tertiary/aromatic N) is 2. The average molecular weight is 196 g/mol. The summed E-state index contributed by atoms with van der Waals surface area (Å²) in [5.74, 6) is 6.16. The maximum atomic E-state index is 5.54. The molecule has 80 valence electrons. The van der Waals surface area contributed by atoms with Gasteiger partial charge in [0.05, 0.1) is 17.4 Å². The van der Waals surface area contributed by atoms with E-state index in [1.54, 1.807) is 0 Å². The topological polar surface area (TPSA) is 55.9 Å². The molecule has 0 saturated heterocycles. The van der Waals surface area contributed by atoms with E-state index in [1.165, 1.54) is 0 Å². The van der Waals surface area contributed by atoms with E-state index in [0.717, 1.165) is 17.8 Å². The Kier molecular flexibility index (Phi) is 3.66. The van der Waals surface area contributed by atoms with Crippen molar-refractivity contribution >= 4 is 0 Å². The maximum absolute atomic E-state index is 5.54. The monoisotopic (exact) mass is 196 g/mol. The quantitative estimate of drug-likeness (QED) is 0.563. The van der Waals surface area contributed by atoms with Crippen LogP contribution >= 0.6 is 0 Å². The lowest BCUT2D eigenvalue weighted by molar-refractivity contribution is 0.417. The minimum atomic E-state index is 0.196. The molecule has 0 aliphatic rings. The lowest BCUT2D eigenvalue weighted by Crippen LogP contribution is -2.30. The van der Waals surface area contributed by atoms with Crippen molar-refractivity contribution < 1.29 is 0 Å². The van der Waals surface area contributed by atoms with E-state index in [1.807, 2.05) is 18.7 Å². The number of nitrogens with two attached hydrogens (primary N) is 1. The maximum Gasteiger partial charge on any atom is 0.0631 e. The zero-order valence-electron chi connectivity index (χ0n) is 9.41. The molecule has 3 N–H and O–H groups in total. The summed E-state index contributed by atoms with van der Waals surface area (Å²) < 4.78 is 1.89. The second-order valence-corrected chi connectivity index (χ2v) is 4.18. The molecule has 1 aromatic rings. The first-order chi connectivity index (χ1) is 6.54. The molecule has 0 saturated carbocycles. The molecule has 1 unspecified atom stereocenters. The number of nitrogens with one attached hydrogen (secondary N) is 1. The van der Waals surface area contributed by atoms with Gasteiger partial charge in [0.1, 0.15) is 0 Å². The Morgan fingerprint density at radius 2 is 2.21 bits per heavy atom. The fourth-order valence-corrected chi connectivity index (χ4v) is 1.70. The average Bonchev–Trinajstić information content (AvgIpc) is 2.41. The summed E-state index contributed by atoms with van der Waals surface area (Å²) in [6, 6.07) is 2.27. The van der Waals surface area contributed by atoms with E-state index in [4.69, 9.17) is 5.84 Å². The fourth-order valence-electron chi connectivity index (χ4n) is 1.70. The lowest BCUT2D eigenvalue weighted by atomic mass is 10.0. The van der Waals surface area contributed by atoms with Crippen LogP contribution in [0, 0.1) is 12.8 Å². The molecule has 0 aromatic carbocycles. The first-order valence-corrected chi connectivity index (χ1v) is 5.01. The molecule has 0 radical (unpaired) electrons. The van der Waals surface area contributed by atoms with Crippen LogP contribution in [0.25, 0.3) is 0 Å². The van der Waals surface area contributed by atoms with Crippen molar-refractivity contribution in [3.8, 4) is 0 Å². The lowest BCUT2D eigenvalue weighted by Gasteiger charge is -2.17. The van der Waals surface area contributed by atoms with Crippen LogP contribution in [0.3, 0.4) is 0 Å². The number of hydrogen-bond acceptors (Lipinski definition) is 3. The highest BCUT2D eigenvalue weighted by Gasteiger charge is 2.15. The SMILES string of the molecule is Cc1cc(C(CC(C)C)NN)n(C)n1. The van der Waals surface area contributed by atoms with E-state index in [2.05, 4.69) is 30.4 Å². The van der Waals surface area contributed by atoms with Gasteiger partial charge in [-0.05, 0) is 25.3 Å². The third-order valence-electron chi connectivity index (χ3n) is 2.30. The number of aryl methyl sites for hydroxylation is 2. The van der Waals surface area contributed by atoms with Crippen LogP contribution in [0.5, 0.6) is 0 Å². The van der Waals surface area contributed by atoms with Crippen molar-refractivity contribution in [3.63, 3.8) is 0 Å². The fraction of sp³-hybridized carbons (Fsp3) is 0.700. The Bertz CT molecular complexity index is 290. The third kappa shape index (κ3) is 2.56.